The van der Waals surface area contributed by atoms with E-state index in [1.807, 2.05) is 60.7 Å². The van der Waals surface area contributed by atoms with E-state index in [4.69, 9.17) is 31.2 Å². The molecule has 11 nitrogen and oxygen atoms in total. The van der Waals surface area contributed by atoms with Crippen LogP contribution in [0.2, 0.25) is 0 Å². The highest BCUT2D eigenvalue weighted by molar-refractivity contribution is 7.80. The van der Waals surface area contributed by atoms with Crippen LogP contribution in [0.25, 0.3) is 10.9 Å². The molecule has 13 heteroatoms. The molecule has 2 amide bonds. The van der Waals surface area contributed by atoms with Gasteiger partial charge in [0.15, 0.2) is 22.4 Å². The van der Waals surface area contributed by atoms with Gasteiger partial charge in [-0.15, -0.1) is 0 Å². The summed E-state index contributed by atoms with van der Waals surface area (Å²) >= 11 is 5.39. The van der Waals surface area contributed by atoms with Gasteiger partial charge in [-0.25, -0.2) is 9.78 Å². The molecule has 4 aromatic carbocycles. The van der Waals surface area contributed by atoms with Gasteiger partial charge < -0.3 is 34.5 Å². The first-order valence-electron chi connectivity index (χ1n) is 17.4. The van der Waals surface area contributed by atoms with Gasteiger partial charge in [0.25, 0.3) is 0 Å². The van der Waals surface area contributed by atoms with Crippen LogP contribution in [0.15, 0.2) is 97.1 Å². The maximum Gasteiger partial charge on any atom is 0.410 e. The van der Waals surface area contributed by atoms with E-state index in [-0.39, 0.29) is 59.1 Å². The van der Waals surface area contributed by atoms with Gasteiger partial charge in [0.2, 0.25) is 11.8 Å². The maximum absolute atomic E-state index is 14.9. The zero-order chi connectivity index (χ0) is 36.7. The Balaban J connectivity index is 1.00. The number of fused-ring (bicyclic) bond motifs is 2. The number of halogens is 1. The van der Waals surface area contributed by atoms with E-state index in [1.54, 1.807) is 41.3 Å². The van der Waals surface area contributed by atoms with Crippen LogP contribution in [0.5, 0.6) is 23.1 Å². The molecular formula is C40H38FN5O6S. The van der Waals surface area contributed by atoms with E-state index in [0.717, 1.165) is 24.0 Å². The first kappa shape index (κ1) is 35.6. The van der Waals surface area contributed by atoms with Gasteiger partial charge in [0.05, 0.1) is 36.7 Å². The first-order chi connectivity index (χ1) is 25.8. The molecule has 53 heavy (non-hydrogen) atoms. The summed E-state index contributed by atoms with van der Waals surface area (Å²) in [5, 5.41) is 6.13. The van der Waals surface area contributed by atoms with Gasteiger partial charge in [0, 0.05) is 19.2 Å². The molecule has 1 saturated carbocycles. The molecule has 5 aromatic rings. The summed E-state index contributed by atoms with van der Waals surface area (Å²) in [6.45, 7) is 1.92. The molecule has 3 unspecified atom stereocenters. The second-order valence-electron chi connectivity index (χ2n) is 13.1. The van der Waals surface area contributed by atoms with E-state index in [0.29, 0.717) is 48.2 Å². The van der Waals surface area contributed by atoms with Crippen LogP contribution in [0, 0.1) is 23.8 Å². The fourth-order valence-corrected chi connectivity index (χ4v) is 7.27. The van der Waals surface area contributed by atoms with Crippen LogP contribution in [0.3, 0.4) is 0 Å². The number of benzene rings is 4. The third-order valence-corrected chi connectivity index (χ3v) is 9.85. The molecule has 1 aliphatic heterocycles. The monoisotopic (exact) mass is 735 g/mol. The predicted molar refractivity (Wildman–Crippen MR) is 200 cm³/mol. The van der Waals surface area contributed by atoms with Crippen LogP contribution < -0.4 is 24.8 Å². The SMILES string of the molecule is COc1cc2c(Oc3ccccc3NC(=S)NC(=O)Cc3ccccc3)nc(F)nc2cc1OCC1CCC2CN(C(=O)OCc3ccccc3)CC12. The van der Waals surface area contributed by atoms with Crippen molar-refractivity contribution in [3.63, 3.8) is 0 Å². The number of nitrogens with one attached hydrogen (secondary N) is 2. The minimum atomic E-state index is -0.985. The lowest BCUT2D eigenvalue weighted by Gasteiger charge is -2.21. The zero-order valence-corrected chi connectivity index (χ0v) is 29.8. The van der Waals surface area contributed by atoms with Crippen LogP contribution in [0.4, 0.5) is 14.9 Å². The maximum atomic E-state index is 14.9. The van der Waals surface area contributed by atoms with E-state index in [2.05, 4.69) is 20.6 Å². The number of carbonyl (C=O) groups is 2. The highest BCUT2D eigenvalue weighted by Crippen LogP contribution is 2.44. The first-order valence-corrected chi connectivity index (χ1v) is 17.8. The number of methoxy groups -OCH3 is 1. The molecule has 272 valence electrons. The van der Waals surface area contributed by atoms with Crippen LogP contribution >= 0.6 is 12.2 Å². The number of hydrogen-bond donors (Lipinski definition) is 2. The zero-order valence-electron chi connectivity index (χ0n) is 29.0. The second-order valence-corrected chi connectivity index (χ2v) is 13.5. The molecule has 1 aromatic heterocycles. The van der Waals surface area contributed by atoms with Gasteiger partial charge in [-0.05, 0) is 72.1 Å². The molecular weight excluding hydrogens is 698 g/mol. The number of aromatic nitrogens is 2. The van der Waals surface area contributed by atoms with Crippen molar-refractivity contribution in [2.45, 2.75) is 25.9 Å². The number of hydrogen-bond acceptors (Lipinski definition) is 9. The third kappa shape index (κ3) is 8.63. The summed E-state index contributed by atoms with van der Waals surface area (Å²) in [5.74, 6) is 1.64. The van der Waals surface area contributed by atoms with Crippen molar-refractivity contribution in [2.24, 2.45) is 17.8 Å². The topological polar surface area (TPSA) is 124 Å². The Morgan fingerprint density at radius 1 is 0.887 bits per heavy atom. The van der Waals surface area contributed by atoms with E-state index in [1.165, 1.54) is 7.11 Å². The smallest absolute Gasteiger partial charge is 0.410 e. The summed E-state index contributed by atoms with van der Waals surface area (Å²) in [6, 6.07) is 29.1. The van der Waals surface area contributed by atoms with Crippen molar-refractivity contribution in [3.8, 4) is 23.1 Å². The summed E-state index contributed by atoms with van der Waals surface area (Å²) in [6.07, 6.45) is 0.844. The highest BCUT2D eigenvalue weighted by atomic mass is 32.1. The lowest BCUT2D eigenvalue weighted by Crippen LogP contribution is -2.35. The molecule has 0 bridgehead atoms. The number of ether oxygens (including phenoxy) is 4. The Bertz CT molecular complexity index is 2110. The van der Waals surface area contributed by atoms with Crippen molar-refractivity contribution >= 4 is 45.9 Å². The van der Waals surface area contributed by atoms with E-state index in [9.17, 15) is 14.0 Å². The van der Waals surface area contributed by atoms with E-state index < -0.39 is 6.08 Å². The molecule has 1 aliphatic carbocycles. The molecule has 2 heterocycles. The number of para-hydroxylation sites is 2. The van der Waals surface area contributed by atoms with Gasteiger partial charge in [-0.1, -0.05) is 72.8 Å². The number of thiocarbonyl (C=S) groups is 1. The Morgan fingerprint density at radius 2 is 1.62 bits per heavy atom. The Kier molecular flexibility index (Phi) is 10.9. The summed E-state index contributed by atoms with van der Waals surface area (Å²) in [4.78, 5) is 35.2. The quantitative estimate of drug-likeness (QED) is 0.106. The standard InChI is InChI=1S/C40H38FN5O6S/c1-49-34-19-29-32(20-35(34)50-24-28-17-16-27-21-46(22-30(27)28)40(48)51-23-26-12-6-3-7-13-26)42-38(41)45-37(29)52-33-15-9-8-14-31(33)43-39(53)44-36(47)18-25-10-4-2-5-11-25/h2-15,19-20,27-28,30H,16-18,21-24H2,1H3,(H2,43,44,47,53). The van der Waals surface area contributed by atoms with Gasteiger partial charge in [-0.2, -0.15) is 9.37 Å². The Labute approximate surface area is 311 Å². The largest absolute Gasteiger partial charge is 0.493 e. The summed E-state index contributed by atoms with van der Waals surface area (Å²) < 4.78 is 38.6. The molecule has 2 fully saturated rings. The third-order valence-electron chi connectivity index (χ3n) is 9.64. The van der Waals surface area contributed by atoms with Crippen molar-refractivity contribution in [1.29, 1.82) is 0 Å². The molecule has 0 spiro atoms. The number of rotatable bonds is 11. The minimum absolute atomic E-state index is 0.0468. The highest BCUT2D eigenvalue weighted by Gasteiger charge is 2.44. The molecule has 2 aliphatic rings. The predicted octanol–water partition coefficient (Wildman–Crippen LogP) is 7.30. The van der Waals surface area contributed by atoms with E-state index >= 15 is 0 Å². The average molecular weight is 736 g/mol. The molecule has 3 atom stereocenters. The minimum Gasteiger partial charge on any atom is -0.493 e. The number of nitrogens with zero attached hydrogens (tertiary/aromatic N) is 3. The van der Waals surface area contributed by atoms with Crippen molar-refractivity contribution in [2.75, 3.05) is 32.1 Å². The van der Waals surface area contributed by atoms with Gasteiger partial charge in [0.1, 0.15) is 6.61 Å². The molecule has 1 saturated heterocycles. The van der Waals surface area contributed by atoms with Crippen molar-refractivity contribution in [1.82, 2.24) is 20.2 Å². The van der Waals surface area contributed by atoms with Gasteiger partial charge in [-0.3, -0.25) is 4.79 Å². The lowest BCUT2D eigenvalue weighted by molar-refractivity contribution is -0.119. The summed E-state index contributed by atoms with van der Waals surface area (Å²) in [5.41, 5.74) is 2.49. The summed E-state index contributed by atoms with van der Waals surface area (Å²) in [7, 11) is 1.52. The second kappa shape index (κ2) is 16.2. The number of carbonyl (C=O) groups excluding carboxylic acids is 2. The number of likely N-dealkylation sites (tertiary alicyclic amines) is 1. The number of anilines is 1. The molecule has 0 radical (unpaired) electrons. The molecule has 2 N–H and O–H groups in total. The normalized spacial score (nSPS) is 17.5. The van der Waals surface area contributed by atoms with Crippen LogP contribution in [-0.4, -0.2) is 58.8 Å². The average Bonchev–Trinajstić information content (AvgIpc) is 3.76. The number of amides is 2. The van der Waals surface area contributed by atoms with Crippen molar-refractivity contribution < 1.29 is 32.9 Å². The fourth-order valence-electron chi connectivity index (χ4n) is 7.04. The fraction of sp³-hybridized carbons (Fsp3) is 0.275. The molecule has 7 rings (SSSR count). The van der Waals surface area contributed by atoms with Crippen LogP contribution in [-0.2, 0) is 22.6 Å². The Morgan fingerprint density at radius 3 is 2.40 bits per heavy atom. The Hall–Kier alpha value is -5.82. The van der Waals surface area contributed by atoms with Crippen molar-refractivity contribution in [3.05, 3.63) is 114 Å². The lowest BCUT2D eigenvalue weighted by atomic mass is 9.93. The van der Waals surface area contributed by atoms with Crippen LogP contribution in [0.1, 0.15) is 24.0 Å². The van der Waals surface area contributed by atoms with Gasteiger partial charge >= 0.3 is 12.2 Å².